The summed E-state index contributed by atoms with van der Waals surface area (Å²) in [5.74, 6) is 6.53. The van der Waals surface area contributed by atoms with Gasteiger partial charge in [-0.2, -0.15) is 0 Å². The monoisotopic (exact) mass is 730 g/mol. The highest BCUT2D eigenvalue weighted by Crippen LogP contribution is 2.49. The number of carbonyl (C=O) groups excluding carboxylic acids is 2. The fraction of sp³-hybridized carbons (Fsp3) is 0.412. The van der Waals surface area contributed by atoms with Gasteiger partial charge in [-0.3, -0.25) is 4.79 Å². The van der Waals surface area contributed by atoms with E-state index in [1.54, 1.807) is 25.3 Å². The van der Waals surface area contributed by atoms with E-state index in [0.717, 1.165) is 76.4 Å². The quantitative estimate of drug-likeness (QED) is 0.0972. The van der Waals surface area contributed by atoms with Crippen LogP contribution >= 0.6 is 17.0 Å². The summed E-state index contributed by atoms with van der Waals surface area (Å²) in [5.41, 5.74) is 11.9. The fourth-order valence-electron chi connectivity index (χ4n) is 7.08. The molecule has 2 aliphatic heterocycles. The third-order valence-electron chi connectivity index (χ3n) is 9.38. The Balaban J connectivity index is 0.000000168. The molecular weight excluding hydrogens is 690 g/mol. The van der Waals surface area contributed by atoms with Gasteiger partial charge in [0.1, 0.15) is 28.6 Å². The van der Waals surface area contributed by atoms with Gasteiger partial charge >= 0.3 is 14.2 Å². The number of nitrogens with one attached hydrogen (secondary N) is 2. The Labute approximate surface area is 295 Å². The fourth-order valence-corrected chi connectivity index (χ4v) is 7.08. The zero-order valence-corrected chi connectivity index (χ0v) is 29.3. The molecule has 4 aromatic heterocycles. The minimum atomic E-state index is -0.925. The number of pyridine rings is 2. The van der Waals surface area contributed by atoms with Crippen molar-refractivity contribution in [3.05, 3.63) is 60.0 Å². The number of Topliss-reactive ketones (excluding diaryl/α,β-unsaturated/α-hetero) is 1. The summed E-state index contributed by atoms with van der Waals surface area (Å²) in [4.78, 5) is 39.0. The topological polar surface area (TPSA) is 189 Å². The number of isocyanates is 1. The number of H-pyrrole nitrogens is 2. The van der Waals surface area contributed by atoms with Crippen molar-refractivity contribution in [2.45, 2.75) is 64.8 Å². The lowest BCUT2D eigenvalue weighted by molar-refractivity contribution is -0.120. The van der Waals surface area contributed by atoms with Crippen molar-refractivity contribution in [1.82, 2.24) is 19.9 Å². The third kappa shape index (κ3) is 7.92. The van der Waals surface area contributed by atoms with Gasteiger partial charge in [0.25, 0.3) is 0 Å². The van der Waals surface area contributed by atoms with Crippen LogP contribution in [-0.2, 0) is 9.59 Å². The van der Waals surface area contributed by atoms with Crippen molar-refractivity contribution >= 4 is 76.3 Å². The van der Waals surface area contributed by atoms with Gasteiger partial charge in [0.05, 0.1) is 12.4 Å². The van der Waals surface area contributed by atoms with Gasteiger partial charge in [-0.1, -0.05) is 6.92 Å². The second-order valence-corrected chi connectivity index (χ2v) is 12.8. The Morgan fingerprint density at radius 3 is 1.88 bits per heavy atom. The van der Waals surface area contributed by atoms with E-state index in [-0.39, 0.29) is 23.0 Å². The van der Waals surface area contributed by atoms with E-state index in [1.165, 1.54) is 6.08 Å². The average molecular weight is 731 g/mol. The van der Waals surface area contributed by atoms with Crippen LogP contribution in [0.2, 0.25) is 0 Å². The number of aromatic amines is 2. The molecule has 12 nitrogen and oxygen atoms in total. The summed E-state index contributed by atoms with van der Waals surface area (Å²) in [7, 11) is -1.82. The molecule has 0 radical (unpaired) electrons. The molecule has 2 fully saturated rings. The largest absolute Gasteiger partial charge is 0.552 e. The number of fused-ring (bicyclic) bond motifs is 6. The molecular formula is C34H41B2BrN6O6. The second-order valence-electron chi connectivity index (χ2n) is 12.8. The van der Waals surface area contributed by atoms with Gasteiger partial charge in [0.2, 0.25) is 6.08 Å². The first-order chi connectivity index (χ1) is 23.3. The number of ketones is 1. The molecule has 0 aromatic carbocycles. The maximum absolute atomic E-state index is 11.8. The Morgan fingerprint density at radius 2 is 1.45 bits per heavy atom. The zero-order chi connectivity index (χ0) is 33.8. The van der Waals surface area contributed by atoms with Crippen LogP contribution in [0.1, 0.15) is 69.9 Å². The summed E-state index contributed by atoms with van der Waals surface area (Å²) in [6, 6.07) is 4.27. The van der Waals surface area contributed by atoms with Crippen molar-refractivity contribution in [2.75, 3.05) is 6.54 Å². The zero-order valence-electron chi connectivity index (χ0n) is 27.6. The smallest absolute Gasteiger partial charge is 0.531 e. The summed E-state index contributed by atoms with van der Waals surface area (Å²) in [6.07, 6.45) is 14.7. The standard InChI is InChI=1S/C18H21BN2O3.C13H14BN3O2.C3H5NO.BrH/c1-2-3-13(22)8-11-6-12(7-11)15-9-19(23)24-16-10-21-18-14(17(15)16)4-5-20-18;15-8-3-7(4-8)10-5-14(18)19-11-6-17-13-9(12(10)11)1-2-16-13;1-2-4-3-5;/h4-5,9-12,23H,2-3,6-8H2,1H3,(H,20,21);1-2,5-8,18H,3-4,15H2,(H,16,17);2H2,1H3;1H. The van der Waals surface area contributed by atoms with Crippen LogP contribution < -0.4 is 15.0 Å². The lowest BCUT2D eigenvalue weighted by Gasteiger charge is -2.38. The number of carbonyl (C=O) groups is 1. The molecule has 6 N–H and O–H groups in total. The maximum Gasteiger partial charge on any atom is 0.552 e. The molecule has 0 atom stereocenters. The van der Waals surface area contributed by atoms with E-state index in [0.29, 0.717) is 54.4 Å². The number of rotatable bonds is 7. The average Bonchev–Trinajstić information content (AvgIpc) is 3.71. The van der Waals surface area contributed by atoms with E-state index in [9.17, 15) is 14.8 Å². The van der Waals surface area contributed by atoms with Crippen molar-refractivity contribution in [2.24, 2.45) is 28.5 Å². The molecule has 4 aliphatic rings. The van der Waals surface area contributed by atoms with Crippen molar-refractivity contribution < 1.29 is 28.9 Å². The summed E-state index contributed by atoms with van der Waals surface area (Å²) in [5, 5.41) is 21.9. The molecule has 0 unspecified atom stereocenters. The number of aromatic nitrogens is 4. The van der Waals surface area contributed by atoms with E-state index < -0.39 is 14.2 Å². The van der Waals surface area contributed by atoms with Crippen molar-refractivity contribution in [3.8, 4) is 11.5 Å². The summed E-state index contributed by atoms with van der Waals surface area (Å²) < 4.78 is 11.0. The van der Waals surface area contributed by atoms with Gasteiger partial charge in [0, 0.05) is 59.7 Å². The van der Waals surface area contributed by atoms with Crippen LogP contribution in [0, 0.1) is 17.8 Å². The van der Waals surface area contributed by atoms with Gasteiger partial charge in [-0.05, 0) is 92.0 Å². The maximum atomic E-state index is 11.8. The van der Waals surface area contributed by atoms with Gasteiger partial charge in [-0.15, -0.1) is 17.0 Å². The summed E-state index contributed by atoms with van der Waals surface area (Å²) in [6.45, 7) is 4.37. The third-order valence-corrected chi connectivity index (χ3v) is 9.38. The Morgan fingerprint density at radius 1 is 0.939 bits per heavy atom. The highest BCUT2D eigenvalue weighted by atomic mass is 79.9. The van der Waals surface area contributed by atoms with Crippen LogP contribution in [0.3, 0.4) is 0 Å². The molecule has 0 amide bonds. The predicted molar refractivity (Wildman–Crippen MR) is 196 cm³/mol. The molecule has 0 spiro atoms. The number of aliphatic imine (C=N–C) groups is 1. The molecule has 256 valence electrons. The first-order valence-corrected chi connectivity index (χ1v) is 16.7. The second kappa shape index (κ2) is 16.1. The van der Waals surface area contributed by atoms with Gasteiger partial charge in [-0.25, -0.2) is 19.8 Å². The minimum absolute atomic E-state index is 0. The normalized spacial score (nSPS) is 21.6. The molecule has 15 heteroatoms. The lowest BCUT2D eigenvalue weighted by Crippen LogP contribution is -2.38. The number of nitrogens with zero attached hydrogens (tertiary/aromatic N) is 3. The first kappa shape index (κ1) is 36.3. The Kier molecular flexibility index (Phi) is 12.0. The molecule has 8 rings (SSSR count). The van der Waals surface area contributed by atoms with Crippen molar-refractivity contribution in [1.29, 1.82) is 0 Å². The molecule has 0 bridgehead atoms. The number of halogens is 1. The van der Waals surface area contributed by atoms with Gasteiger partial charge < -0.3 is 35.1 Å². The minimum Gasteiger partial charge on any atom is -0.531 e. The van der Waals surface area contributed by atoms with Crippen LogP contribution in [0.4, 0.5) is 0 Å². The molecule has 2 saturated carbocycles. The molecule has 4 aromatic rings. The SMILES string of the molecule is Br.CCCC(=O)CC1CC(C2=CB(O)Oc3cnc4[nH]ccc4c32)C1.CCN=C=O.NC1CC(C2=CB(O)Oc3cnc4[nH]ccc4c32)C1. The highest BCUT2D eigenvalue weighted by Gasteiger charge is 2.38. The Hall–Kier alpha value is -4.00. The van der Waals surface area contributed by atoms with Crippen LogP contribution in [0.15, 0.2) is 53.9 Å². The van der Waals surface area contributed by atoms with Gasteiger partial charge in [0.15, 0.2) is 0 Å². The molecule has 0 saturated heterocycles. The van der Waals surface area contributed by atoms with E-state index >= 15 is 0 Å². The molecule has 49 heavy (non-hydrogen) atoms. The lowest BCUT2D eigenvalue weighted by atomic mass is 9.64. The van der Waals surface area contributed by atoms with E-state index in [4.69, 9.17) is 19.8 Å². The van der Waals surface area contributed by atoms with Crippen LogP contribution in [-0.4, -0.2) is 68.7 Å². The molecule has 2 aliphatic carbocycles. The number of nitrogens with two attached hydrogens (primary N) is 1. The number of hydrogen-bond acceptors (Lipinski definition) is 10. The van der Waals surface area contributed by atoms with Crippen molar-refractivity contribution in [3.63, 3.8) is 0 Å². The summed E-state index contributed by atoms with van der Waals surface area (Å²) >= 11 is 0. The predicted octanol–water partition coefficient (Wildman–Crippen LogP) is 5.16. The number of hydrogen-bond donors (Lipinski definition) is 5. The molecule has 6 heterocycles. The van der Waals surface area contributed by atoms with Crippen LogP contribution in [0.5, 0.6) is 11.5 Å². The Bertz CT molecular complexity index is 1890. The first-order valence-electron chi connectivity index (χ1n) is 16.7. The highest BCUT2D eigenvalue weighted by molar-refractivity contribution is 8.93. The van der Waals surface area contributed by atoms with Crippen LogP contribution in [0.25, 0.3) is 33.2 Å². The van der Waals surface area contributed by atoms with E-state index in [2.05, 4.69) is 24.9 Å². The van der Waals surface area contributed by atoms with E-state index in [1.807, 2.05) is 37.4 Å². The number of allylic oxidation sites excluding steroid dienone is 2.